The van der Waals surface area contributed by atoms with Crippen molar-refractivity contribution < 1.29 is 0 Å². The highest BCUT2D eigenvalue weighted by Crippen LogP contribution is 2.06. The molecule has 6 heavy (non-hydrogen) atoms. The Hall–Kier alpha value is 0.170. The fourth-order valence-corrected chi connectivity index (χ4v) is 0.387. The molecule has 1 atom stereocenters. The van der Waals surface area contributed by atoms with Crippen molar-refractivity contribution in [2.75, 3.05) is 0 Å². The van der Waals surface area contributed by atoms with Crippen LogP contribution in [-0.4, -0.2) is 12.0 Å². The van der Waals surface area contributed by atoms with E-state index >= 15 is 0 Å². The summed E-state index contributed by atoms with van der Waals surface area (Å²) < 4.78 is 0. The summed E-state index contributed by atoms with van der Waals surface area (Å²) in [6, 6.07) is 0. The molecule has 0 bridgehead atoms. The summed E-state index contributed by atoms with van der Waals surface area (Å²) in [7, 11) is 1.28. The van der Waals surface area contributed by atoms with Gasteiger partial charge in [-0.05, 0) is 12.1 Å². The van der Waals surface area contributed by atoms with E-state index in [1.807, 2.05) is 0 Å². The van der Waals surface area contributed by atoms with Crippen molar-refractivity contribution in [1.29, 1.82) is 0 Å². The van der Waals surface area contributed by atoms with Gasteiger partial charge in [0.2, 0.25) is 0 Å². The molecule has 0 amide bonds. The molecule has 1 heteroatoms. The van der Waals surface area contributed by atoms with E-state index in [2.05, 4.69) is 20.1 Å². The van der Waals surface area contributed by atoms with E-state index in [0.717, 1.165) is 5.66 Å². The van der Waals surface area contributed by atoms with Gasteiger partial charge in [0, 0.05) is 0 Å². The van der Waals surface area contributed by atoms with Gasteiger partial charge in [-0.3, -0.25) is 0 Å². The monoisotopic (exact) mass is 102 g/mol. The molecule has 0 saturated carbocycles. The van der Waals surface area contributed by atoms with Crippen molar-refractivity contribution in [3.8, 4) is 0 Å². The average molecular weight is 102 g/mol. The quantitative estimate of drug-likeness (QED) is 0.469. The summed E-state index contributed by atoms with van der Waals surface area (Å²) >= 11 is 0. The highest BCUT2D eigenvalue weighted by Gasteiger charge is 1.85. The fourth-order valence-electron chi connectivity index (χ4n) is 0.129. The molecule has 0 aliphatic rings. The summed E-state index contributed by atoms with van der Waals surface area (Å²) in [6.07, 6.45) is 4.98. The number of hydrogen-bond acceptors (Lipinski definition) is 0. The molecule has 36 valence electrons. The van der Waals surface area contributed by atoms with Gasteiger partial charge >= 0.3 is 0 Å². The second-order valence-corrected chi connectivity index (χ2v) is 2.69. The van der Waals surface area contributed by atoms with E-state index in [9.17, 15) is 0 Å². The van der Waals surface area contributed by atoms with Crippen molar-refractivity contribution >= 4 is 14.5 Å². The van der Waals surface area contributed by atoms with E-state index in [0.29, 0.717) is 0 Å². The third kappa shape index (κ3) is 2.41. The summed E-state index contributed by atoms with van der Waals surface area (Å²) in [5, 5.41) is 0. The van der Waals surface area contributed by atoms with E-state index in [1.54, 1.807) is 0 Å². The first-order chi connectivity index (χ1) is 2.81. The zero-order valence-corrected chi connectivity index (χ0v) is 5.33. The lowest BCUT2D eigenvalue weighted by Crippen LogP contribution is -1.82. The van der Waals surface area contributed by atoms with Crippen LogP contribution in [0.1, 0.15) is 20.3 Å². The Bertz CT molecular complexity index is 41.2. The van der Waals surface area contributed by atoms with Crippen LogP contribution in [0.5, 0.6) is 0 Å². The Kier molecular flexibility index (Phi) is 3.46. The van der Waals surface area contributed by atoms with Gasteiger partial charge in [0.05, 0.1) is 0 Å². The van der Waals surface area contributed by atoms with Gasteiger partial charge < -0.3 is 0 Å². The molecular weight excluding hydrogens is 91.0 g/mol. The molecular formula is C5H11P. The third-order valence-electron chi connectivity index (χ3n) is 0.902. The standard InChI is InChI=1S/C5H11P/c1-4-5(2)6-3/h5H,3-4H2,1-2H3. The van der Waals surface area contributed by atoms with Crippen LogP contribution in [0, 0.1) is 0 Å². The second kappa shape index (κ2) is 3.36. The van der Waals surface area contributed by atoms with Gasteiger partial charge in [-0.2, -0.15) is 0 Å². The van der Waals surface area contributed by atoms with Crippen LogP contribution in [0.15, 0.2) is 0 Å². The molecule has 0 aromatic rings. The van der Waals surface area contributed by atoms with Crippen molar-refractivity contribution in [3.63, 3.8) is 0 Å². The molecule has 0 aliphatic carbocycles. The van der Waals surface area contributed by atoms with Crippen LogP contribution >= 0.6 is 8.20 Å². The second-order valence-electron chi connectivity index (χ2n) is 1.44. The third-order valence-corrected chi connectivity index (χ3v) is 1.89. The lowest BCUT2D eigenvalue weighted by Gasteiger charge is -1.93. The lowest BCUT2D eigenvalue weighted by atomic mass is 10.4. The fraction of sp³-hybridized carbons (Fsp3) is 0.800. The topological polar surface area (TPSA) is 0 Å². The number of rotatable bonds is 2. The minimum Gasteiger partial charge on any atom is -0.109 e. The number of hydrogen-bond donors (Lipinski definition) is 0. The van der Waals surface area contributed by atoms with Crippen LogP contribution in [0.3, 0.4) is 0 Å². The van der Waals surface area contributed by atoms with Gasteiger partial charge in [0.1, 0.15) is 0 Å². The molecule has 0 aliphatic heterocycles. The minimum absolute atomic E-state index is 0.796. The van der Waals surface area contributed by atoms with Crippen molar-refractivity contribution in [2.24, 2.45) is 0 Å². The highest BCUT2D eigenvalue weighted by molar-refractivity contribution is 7.37. The first-order valence-corrected chi connectivity index (χ1v) is 3.42. The van der Waals surface area contributed by atoms with E-state index in [-0.39, 0.29) is 0 Å². The van der Waals surface area contributed by atoms with Gasteiger partial charge in [-0.15, -0.1) is 8.20 Å². The Balaban J connectivity index is 2.96. The normalized spacial score (nSPS) is 15.0. The molecule has 0 radical (unpaired) electrons. The maximum Gasteiger partial charge on any atom is -0.00278 e. The predicted molar refractivity (Wildman–Crippen MR) is 33.8 cm³/mol. The summed E-state index contributed by atoms with van der Waals surface area (Å²) in [5.41, 5.74) is 0.796. The molecule has 1 unspecified atom stereocenters. The van der Waals surface area contributed by atoms with Crippen LogP contribution in [0.2, 0.25) is 0 Å². The summed E-state index contributed by atoms with van der Waals surface area (Å²) in [6.45, 7) is 4.39. The maximum absolute atomic E-state index is 3.73. The van der Waals surface area contributed by atoms with Crippen molar-refractivity contribution in [1.82, 2.24) is 0 Å². The molecule has 0 aromatic carbocycles. The van der Waals surface area contributed by atoms with Gasteiger partial charge in [0.25, 0.3) is 0 Å². The van der Waals surface area contributed by atoms with Crippen LogP contribution < -0.4 is 0 Å². The lowest BCUT2D eigenvalue weighted by molar-refractivity contribution is 0.906. The van der Waals surface area contributed by atoms with E-state index in [1.165, 1.54) is 14.6 Å². The average Bonchev–Trinajstić information content (AvgIpc) is 1.65. The molecule has 0 fully saturated rings. The van der Waals surface area contributed by atoms with Crippen molar-refractivity contribution in [2.45, 2.75) is 25.9 Å². The molecule has 0 spiro atoms. The zero-order valence-electron chi connectivity index (χ0n) is 4.44. The first kappa shape index (κ1) is 6.17. The molecule has 0 nitrogen and oxygen atoms in total. The van der Waals surface area contributed by atoms with Gasteiger partial charge in [0.15, 0.2) is 0 Å². The van der Waals surface area contributed by atoms with Crippen LogP contribution in [0.4, 0.5) is 0 Å². The largest absolute Gasteiger partial charge is 0.109 e. The van der Waals surface area contributed by atoms with E-state index in [4.69, 9.17) is 0 Å². The molecule has 0 N–H and O–H groups in total. The Labute approximate surface area is 41.4 Å². The molecule has 0 aromatic heterocycles. The zero-order chi connectivity index (χ0) is 4.99. The van der Waals surface area contributed by atoms with Gasteiger partial charge in [-0.25, -0.2) is 0 Å². The Morgan fingerprint density at radius 2 is 2.33 bits per heavy atom. The van der Waals surface area contributed by atoms with Crippen molar-refractivity contribution in [3.05, 3.63) is 0 Å². The summed E-state index contributed by atoms with van der Waals surface area (Å²) in [4.78, 5) is 0. The summed E-state index contributed by atoms with van der Waals surface area (Å²) in [5.74, 6) is 0. The smallest absolute Gasteiger partial charge is 0.00278 e. The predicted octanol–water partition coefficient (Wildman–Crippen LogP) is 2.16. The Morgan fingerprint density at radius 1 is 1.83 bits per heavy atom. The molecule has 0 heterocycles. The molecule has 0 saturated heterocycles. The first-order valence-electron chi connectivity index (χ1n) is 2.27. The highest BCUT2D eigenvalue weighted by atomic mass is 31.1. The van der Waals surface area contributed by atoms with Crippen LogP contribution in [0.25, 0.3) is 0 Å². The van der Waals surface area contributed by atoms with Gasteiger partial charge in [-0.1, -0.05) is 20.1 Å². The SMILES string of the molecule is C=PC(C)CC. The minimum atomic E-state index is 0.796. The molecule has 0 rings (SSSR count). The van der Waals surface area contributed by atoms with Crippen LogP contribution in [-0.2, 0) is 0 Å². The maximum atomic E-state index is 3.73. The Morgan fingerprint density at radius 3 is 2.33 bits per heavy atom. The van der Waals surface area contributed by atoms with E-state index < -0.39 is 0 Å².